The highest BCUT2D eigenvalue weighted by Crippen LogP contribution is 2.28. The van der Waals surface area contributed by atoms with Gasteiger partial charge in [0.2, 0.25) is 0 Å². The Morgan fingerprint density at radius 3 is 2.62 bits per heavy atom. The fourth-order valence-electron chi connectivity index (χ4n) is 2.53. The lowest BCUT2D eigenvalue weighted by Crippen LogP contribution is -2.54. The number of amides is 4. The number of carboxylic acid groups (broad SMARTS) is 1. The average molecular weight is 418 g/mol. The first-order chi connectivity index (χ1) is 13.8. The molecule has 2 aromatic carbocycles. The Hall–Kier alpha value is -3.72. The van der Waals surface area contributed by atoms with E-state index >= 15 is 0 Å². The number of halogens is 2. The highest BCUT2D eigenvalue weighted by molar-refractivity contribution is 6.39. The largest absolute Gasteiger partial charge is 0.546 e. The molecule has 1 N–H and O–H groups in total. The van der Waals surface area contributed by atoms with Crippen molar-refractivity contribution in [3.8, 4) is 5.75 Å². The van der Waals surface area contributed by atoms with Gasteiger partial charge >= 0.3 is 6.03 Å². The van der Waals surface area contributed by atoms with Crippen LogP contribution in [-0.4, -0.2) is 30.4 Å². The number of rotatable bonds is 5. The van der Waals surface area contributed by atoms with Gasteiger partial charge in [-0.25, -0.2) is 14.1 Å². The fraction of sp³-hybridized carbons (Fsp3) is 0.0526. The first kappa shape index (κ1) is 20.0. The molecule has 148 valence electrons. The molecule has 0 unspecified atom stereocenters. The first-order valence-electron chi connectivity index (χ1n) is 8.05. The summed E-state index contributed by atoms with van der Waals surface area (Å²) in [6.07, 6.45) is 1.19. The third kappa shape index (κ3) is 4.41. The maximum atomic E-state index is 13.5. The maximum Gasteiger partial charge on any atom is 0.335 e. The minimum Gasteiger partial charge on any atom is -0.546 e. The van der Waals surface area contributed by atoms with Crippen LogP contribution in [0.1, 0.15) is 5.56 Å². The van der Waals surface area contributed by atoms with Crippen LogP contribution >= 0.6 is 11.6 Å². The van der Waals surface area contributed by atoms with Gasteiger partial charge < -0.3 is 14.6 Å². The number of carboxylic acids is 1. The summed E-state index contributed by atoms with van der Waals surface area (Å²) in [4.78, 5) is 48.0. The predicted molar refractivity (Wildman–Crippen MR) is 97.4 cm³/mol. The van der Waals surface area contributed by atoms with E-state index in [9.17, 15) is 28.7 Å². The summed E-state index contributed by atoms with van der Waals surface area (Å²) in [7, 11) is 0. The lowest BCUT2D eigenvalue weighted by Gasteiger charge is -2.26. The van der Waals surface area contributed by atoms with Crippen molar-refractivity contribution in [1.82, 2.24) is 5.32 Å². The van der Waals surface area contributed by atoms with Crippen molar-refractivity contribution >= 4 is 47.2 Å². The van der Waals surface area contributed by atoms with E-state index in [0.717, 1.165) is 12.1 Å². The van der Waals surface area contributed by atoms with Crippen LogP contribution in [0.4, 0.5) is 14.9 Å². The monoisotopic (exact) mass is 417 g/mol. The molecule has 1 aliphatic rings. The van der Waals surface area contributed by atoms with Crippen LogP contribution in [-0.2, 0) is 14.4 Å². The van der Waals surface area contributed by atoms with Crippen LogP contribution in [0.3, 0.4) is 0 Å². The molecule has 1 aliphatic heterocycles. The van der Waals surface area contributed by atoms with E-state index in [0.29, 0.717) is 10.5 Å². The number of anilines is 1. The van der Waals surface area contributed by atoms with Gasteiger partial charge in [-0.1, -0.05) is 23.7 Å². The van der Waals surface area contributed by atoms with Crippen molar-refractivity contribution < 1.29 is 33.4 Å². The number of aliphatic carboxylic acids is 1. The predicted octanol–water partition coefficient (Wildman–Crippen LogP) is 1.27. The topological polar surface area (TPSA) is 116 Å². The summed E-state index contributed by atoms with van der Waals surface area (Å²) in [5, 5.41) is 12.5. The molecule has 4 amide bonds. The minimum atomic E-state index is -1.43. The first-order valence-corrected chi connectivity index (χ1v) is 8.43. The lowest BCUT2D eigenvalue weighted by molar-refractivity contribution is -0.307. The molecule has 2 aromatic rings. The Bertz CT molecular complexity index is 1070. The van der Waals surface area contributed by atoms with Crippen molar-refractivity contribution in [2.24, 2.45) is 0 Å². The third-order valence-corrected chi connectivity index (χ3v) is 4.08. The molecule has 8 nitrogen and oxygen atoms in total. The molecule has 0 spiro atoms. The molecular formula is C19H11ClFN2O6-. The van der Waals surface area contributed by atoms with Crippen molar-refractivity contribution in [3.05, 3.63) is 64.4 Å². The SMILES string of the molecule is O=C([O-])COc1ccc(/C=C2\C(=O)NC(=O)N(c3cccc(F)c3)C2=O)cc1Cl. The van der Waals surface area contributed by atoms with Crippen LogP contribution in [0.2, 0.25) is 5.02 Å². The number of ether oxygens (including phenoxy) is 1. The van der Waals surface area contributed by atoms with E-state index < -0.39 is 36.2 Å². The molecule has 1 heterocycles. The number of imide groups is 2. The van der Waals surface area contributed by atoms with Crippen molar-refractivity contribution in [3.63, 3.8) is 0 Å². The standard InChI is InChI=1S/C19H12ClFN2O6/c20-14-7-10(4-5-15(14)29-9-16(24)25)6-13-17(26)22-19(28)23(18(13)27)12-3-1-2-11(21)8-12/h1-8H,9H2,(H,24,25)(H,22,26,28)/p-1/b13-6+. The number of urea groups is 1. The Balaban J connectivity index is 1.92. The van der Waals surface area contributed by atoms with Gasteiger partial charge in [-0.3, -0.25) is 14.9 Å². The molecule has 1 fully saturated rings. The van der Waals surface area contributed by atoms with Gasteiger partial charge in [-0.2, -0.15) is 0 Å². The number of carbonyl (C=O) groups is 4. The molecule has 1 saturated heterocycles. The summed E-state index contributed by atoms with van der Waals surface area (Å²) < 4.78 is 18.4. The van der Waals surface area contributed by atoms with Gasteiger partial charge in [-0.15, -0.1) is 0 Å². The van der Waals surface area contributed by atoms with E-state index in [1.807, 2.05) is 5.32 Å². The van der Waals surface area contributed by atoms with E-state index in [2.05, 4.69) is 0 Å². The molecule has 0 atom stereocenters. The zero-order chi connectivity index (χ0) is 21.1. The Morgan fingerprint density at radius 2 is 1.97 bits per heavy atom. The van der Waals surface area contributed by atoms with Crippen LogP contribution in [0.15, 0.2) is 48.0 Å². The number of benzene rings is 2. The van der Waals surface area contributed by atoms with Crippen molar-refractivity contribution in [2.45, 2.75) is 0 Å². The number of nitrogens with zero attached hydrogens (tertiary/aromatic N) is 1. The van der Waals surface area contributed by atoms with Crippen molar-refractivity contribution in [1.29, 1.82) is 0 Å². The van der Waals surface area contributed by atoms with E-state index in [1.54, 1.807) is 0 Å². The Morgan fingerprint density at radius 1 is 1.21 bits per heavy atom. The highest BCUT2D eigenvalue weighted by Gasteiger charge is 2.36. The highest BCUT2D eigenvalue weighted by atomic mass is 35.5. The molecule has 0 bridgehead atoms. The van der Waals surface area contributed by atoms with Gasteiger partial charge in [0.15, 0.2) is 0 Å². The molecular weight excluding hydrogens is 407 g/mol. The van der Waals surface area contributed by atoms with Gasteiger partial charge in [-0.05, 0) is 42.0 Å². The van der Waals surface area contributed by atoms with Gasteiger partial charge in [0, 0.05) is 0 Å². The fourth-order valence-corrected chi connectivity index (χ4v) is 2.78. The molecule has 0 aliphatic carbocycles. The number of barbiturate groups is 1. The smallest absolute Gasteiger partial charge is 0.335 e. The summed E-state index contributed by atoms with van der Waals surface area (Å²) in [5.74, 6) is -3.91. The van der Waals surface area contributed by atoms with E-state index in [4.69, 9.17) is 16.3 Å². The zero-order valence-corrected chi connectivity index (χ0v) is 15.2. The maximum absolute atomic E-state index is 13.5. The second kappa shape index (κ2) is 8.11. The summed E-state index contributed by atoms with van der Waals surface area (Å²) in [5.41, 5.74) is -0.119. The minimum absolute atomic E-state index is 0.0299. The van der Waals surface area contributed by atoms with Crippen LogP contribution in [0, 0.1) is 5.82 Å². The van der Waals surface area contributed by atoms with Gasteiger partial charge in [0.25, 0.3) is 11.8 Å². The molecule has 0 saturated carbocycles. The quantitative estimate of drug-likeness (QED) is 0.578. The zero-order valence-electron chi connectivity index (χ0n) is 14.5. The molecule has 29 heavy (non-hydrogen) atoms. The molecule has 0 aromatic heterocycles. The summed E-state index contributed by atoms with van der Waals surface area (Å²) in [6, 6.07) is 7.87. The second-order valence-electron chi connectivity index (χ2n) is 5.79. The Labute approximate surface area is 168 Å². The molecule has 0 radical (unpaired) electrons. The van der Waals surface area contributed by atoms with E-state index in [-0.39, 0.29) is 22.0 Å². The summed E-state index contributed by atoms with van der Waals surface area (Å²) >= 11 is 6.01. The van der Waals surface area contributed by atoms with Crippen LogP contribution in [0.25, 0.3) is 6.08 Å². The molecule has 3 rings (SSSR count). The van der Waals surface area contributed by atoms with Gasteiger partial charge in [0.05, 0.1) is 16.7 Å². The third-order valence-electron chi connectivity index (χ3n) is 3.78. The molecule has 10 heteroatoms. The lowest BCUT2D eigenvalue weighted by atomic mass is 10.1. The van der Waals surface area contributed by atoms with Crippen molar-refractivity contribution in [2.75, 3.05) is 11.5 Å². The second-order valence-corrected chi connectivity index (χ2v) is 6.20. The Kier molecular flexibility index (Phi) is 5.60. The number of hydrogen-bond donors (Lipinski definition) is 1. The summed E-state index contributed by atoms with van der Waals surface area (Å²) in [6.45, 7) is -0.703. The number of nitrogens with one attached hydrogen (secondary N) is 1. The number of carbonyl (C=O) groups excluding carboxylic acids is 4. The van der Waals surface area contributed by atoms with E-state index in [1.165, 1.54) is 36.4 Å². The van der Waals surface area contributed by atoms with Crippen LogP contribution in [0.5, 0.6) is 5.75 Å². The average Bonchev–Trinajstić information content (AvgIpc) is 2.64. The van der Waals surface area contributed by atoms with Gasteiger partial charge in [0.1, 0.15) is 23.7 Å². The van der Waals surface area contributed by atoms with Crippen LogP contribution < -0.4 is 20.1 Å². The number of hydrogen-bond acceptors (Lipinski definition) is 6. The normalized spacial score (nSPS) is 15.4.